The molecule has 4 rings (SSSR count). The van der Waals surface area contributed by atoms with Gasteiger partial charge in [-0.3, -0.25) is 9.69 Å². The Bertz CT molecular complexity index is 465. The number of hydrogen-bond acceptors (Lipinski definition) is 3. The number of esters is 1. The molecule has 4 fully saturated rings. The molecule has 3 heteroatoms. The van der Waals surface area contributed by atoms with E-state index in [0.29, 0.717) is 24.3 Å². The van der Waals surface area contributed by atoms with Crippen LogP contribution >= 0.6 is 0 Å². The van der Waals surface area contributed by atoms with Crippen molar-refractivity contribution in [3.05, 3.63) is 0 Å². The standard InChI is InChI=1S/C22H37NO2/c1-17-10-12-19(13-11-17)22(16-23-14-6-5-9-20(22)23)25-21(24)15-18-7-3-2-4-8-18/h17-20H,2-16H2,1H3/t17?,19?,20-,22+/m1/s1. The van der Waals surface area contributed by atoms with E-state index in [-0.39, 0.29) is 11.6 Å². The minimum Gasteiger partial charge on any atom is -0.456 e. The second-order valence-electron chi connectivity index (χ2n) is 9.58. The molecule has 0 unspecified atom stereocenters. The van der Waals surface area contributed by atoms with E-state index in [1.807, 2.05) is 0 Å². The predicted molar refractivity (Wildman–Crippen MR) is 100 cm³/mol. The molecule has 0 spiro atoms. The molecule has 25 heavy (non-hydrogen) atoms. The minimum atomic E-state index is -0.133. The molecule has 2 atom stereocenters. The Hall–Kier alpha value is -0.570. The number of nitrogens with zero attached hydrogens (tertiary/aromatic N) is 1. The average molecular weight is 348 g/mol. The zero-order valence-electron chi connectivity index (χ0n) is 16.2. The van der Waals surface area contributed by atoms with E-state index in [2.05, 4.69) is 11.8 Å². The van der Waals surface area contributed by atoms with Crippen LogP contribution in [-0.4, -0.2) is 35.6 Å². The van der Waals surface area contributed by atoms with Crippen molar-refractivity contribution in [3.8, 4) is 0 Å². The Kier molecular flexibility index (Phi) is 5.41. The first-order chi connectivity index (χ1) is 12.2. The van der Waals surface area contributed by atoms with E-state index < -0.39 is 0 Å². The third kappa shape index (κ3) is 3.63. The van der Waals surface area contributed by atoms with E-state index in [9.17, 15) is 4.79 Å². The van der Waals surface area contributed by atoms with Gasteiger partial charge in [-0.15, -0.1) is 0 Å². The molecule has 0 radical (unpaired) electrons. The first kappa shape index (κ1) is 17.8. The number of ether oxygens (including phenoxy) is 1. The summed E-state index contributed by atoms with van der Waals surface area (Å²) in [5, 5.41) is 0. The predicted octanol–water partition coefficient (Wildman–Crippen LogP) is 4.93. The summed E-state index contributed by atoms with van der Waals surface area (Å²) in [6.45, 7) is 4.62. The molecule has 0 aromatic heterocycles. The molecule has 2 heterocycles. The van der Waals surface area contributed by atoms with Crippen LogP contribution in [0.15, 0.2) is 0 Å². The highest BCUT2D eigenvalue weighted by Crippen LogP contribution is 2.49. The molecule has 0 aromatic rings. The molecule has 3 nitrogen and oxygen atoms in total. The van der Waals surface area contributed by atoms with E-state index in [1.165, 1.54) is 83.6 Å². The van der Waals surface area contributed by atoms with Crippen molar-refractivity contribution in [2.75, 3.05) is 13.1 Å². The highest BCUT2D eigenvalue weighted by Gasteiger charge is 2.60. The van der Waals surface area contributed by atoms with Gasteiger partial charge in [0, 0.05) is 18.9 Å². The Morgan fingerprint density at radius 1 is 0.960 bits per heavy atom. The molecule has 2 aliphatic heterocycles. The van der Waals surface area contributed by atoms with Gasteiger partial charge in [0.2, 0.25) is 0 Å². The lowest BCUT2D eigenvalue weighted by atomic mass is 9.64. The summed E-state index contributed by atoms with van der Waals surface area (Å²) >= 11 is 0. The molecule has 142 valence electrons. The number of fused-ring (bicyclic) bond motifs is 1. The second-order valence-corrected chi connectivity index (χ2v) is 9.58. The summed E-state index contributed by atoms with van der Waals surface area (Å²) in [5.41, 5.74) is -0.133. The van der Waals surface area contributed by atoms with Gasteiger partial charge in [-0.25, -0.2) is 0 Å². The Morgan fingerprint density at radius 3 is 2.40 bits per heavy atom. The van der Waals surface area contributed by atoms with Gasteiger partial charge in [0.1, 0.15) is 5.60 Å². The second kappa shape index (κ2) is 7.58. The van der Waals surface area contributed by atoms with Crippen LogP contribution in [0.5, 0.6) is 0 Å². The number of carbonyl (C=O) groups excluding carboxylic acids is 1. The van der Waals surface area contributed by atoms with Crippen molar-refractivity contribution >= 4 is 5.97 Å². The van der Waals surface area contributed by atoms with Crippen LogP contribution in [0.25, 0.3) is 0 Å². The summed E-state index contributed by atoms with van der Waals surface area (Å²) in [5.74, 6) is 2.18. The Balaban J connectivity index is 1.43. The van der Waals surface area contributed by atoms with Gasteiger partial charge in [0.25, 0.3) is 0 Å². The third-order valence-electron chi connectivity index (χ3n) is 7.82. The van der Waals surface area contributed by atoms with Crippen molar-refractivity contribution in [1.29, 1.82) is 0 Å². The lowest BCUT2D eigenvalue weighted by Crippen LogP contribution is -2.75. The number of rotatable bonds is 4. The molecule has 0 bridgehead atoms. The topological polar surface area (TPSA) is 29.5 Å². The van der Waals surface area contributed by atoms with Gasteiger partial charge in [-0.1, -0.05) is 45.4 Å². The fourth-order valence-electron chi connectivity index (χ4n) is 6.26. The lowest BCUT2D eigenvalue weighted by Gasteiger charge is -2.62. The third-order valence-corrected chi connectivity index (χ3v) is 7.82. The lowest BCUT2D eigenvalue weighted by molar-refractivity contribution is -0.230. The highest BCUT2D eigenvalue weighted by atomic mass is 16.6. The van der Waals surface area contributed by atoms with Gasteiger partial charge in [0.05, 0.1) is 6.04 Å². The molecule has 2 saturated carbocycles. The quantitative estimate of drug-likeness (QED) is 0.675. The normalized spacial score (nSPS) is 40.1. The smallest absolute Gasteiger partial charge is 0.306 e. The van der Waals surface area contributed by atoms with Gasteiger partial charge in [-0.2, -0.15) is 0 Å². The summed E-state index contributed by atoms with van der Waals surface area (Å²) in [4.78, 5) is 15.5. The van der Waals surface area contributed by atoms with Crippen LogP contribution in [0.2, 0.25) is 0 Å². The van der Waals surface area contributed by atoms with Crippen molar-refractivity contribution < 1.29 is 9.53 Å². The van der Waals surface area contributed by atoms with Gasteiger partial charge in [0.15, 0.2) is 0 Å². The van der Waals surface area contributed by atoms with Crippen LogP contribution in [0, 0.1) is 17.8 Å². The van der Waals surface area contributed by atoms with Crippen LogP contribution in [0.1, 0.15) is 90.4 Å². The van der Waals surface area contributed by atoms with E-state index in [1.54, 1.807) is 0 Å². The van der Waals surface area contributed by atoms with Crippen molar-refractivity contribution in [1.82, 2.24) is 4.90 Å². The SMILES string of the molecule is CC1CCC([C@@]2(OC(=O)CC3CCCCC3)CN3CCCC[C@@H]32)CC1. The van der Waals surface area contributed by atoms with Crippen molar-refractivity contribution in [2.45, 2.75) is 102 Å². The molecule has 0 amide bonds. The fraction of sp³-hybridized carbons (Fsp3) is 0.955. The Morgan fingerprint density at radius 2 is 1.68 bits per heavy atom. The summed E-state index contributed by atoms with van der Waals surface area (Å²) < 4.78 is 6.44. The fourth-order valence-corrected chi connectivity index (χ4v) is 6.26. The van der Waals surface area contributed by atoms with Gasteiger partial charge in [-0.05, 0) is 56.9 Å². The molecular weight excluding hydrogens is 310 g/mol. The van der Waals surface area contributed by atoms with Crippen LogP contribution in [-0.2, 0) is 9.53 Å². The zero-order chi connectivity index (χ0) is 17.3. The van der Waals surface area contributed by atoms with Crippen LogP contribution in [0.4, 0.5) is 0 Å². The number of piperidine rings is 1. The maximum Gasteiger partial charge on any atom is 0.306 e. The van der Waals surface area contributed by atoms with Crippen LogP contribution in [0.3, 0.4) is 0 Å². The largest absolute Gasteiger partial charge is 0.456 e. The molecule has 4 aliphatic rings. The van der Waals surface area contributed by atoms with Crippen molar-refractivity contribution in [2.24, 2.45) is 17.8 Å². The average Bonchev–Trinajstić information content (AvgIpc) is 2.61. The van der Waals surface area contributed by atoms with Gasteiger partial charge >= 0.3 is 5.97 Å². The van der Waals surface area contributed by atoms with E-state index >= 15 is 0 Å². The van der Waals surface area contributed by atoms with Crippen LogP contribution < -0.4 is 0 Å². The first-order valence-electron chi connectivity index (χ1n) is 11.1. The zero-order valence-corrected chi connectivity index (χ0v) is 16.2. The highest BCUT2D eigenvalue weighted by molar-refractivity contribution is 5.70. The number of carbonyl (C=O) groups is 1. The maximum absolute atomic E-state index is 12.9. The van der Waals surface area contributed by atoms with Crippen molar-refractivity contribution in [3.63, 3.8) is 0 Å². The summed E-state index contributed by atoms with van der Waals surface area (Å²) in [6.07, 6.45) is 16.2. The minimum absolute atomic E-state index is 0.121. The van der Waals surface area contributed by atoms with E-state index in [0.717, 1.165) is 12.5 Å². The van der Waals surface area contributed by atoms with E-state index in [4.69, 9.17) is 4.74 Å². The molecule has 2 saturated heterocycles. The van der Waals surface area contributed by atoms with Gasteiger partial charge < -0.3 is 4.74 Å². The first-order valence-corrected chi connectivity index (χ1v) is 11.1. The Labute approximate surface area is 153 Å². The number of hydrogen-bond donors (Lipinski definition) is 0. The summed E-state index contributed by atoms with van der Waals surface area (Å²) in [7, 11) is 0. The molecule has 0 N–H and O–H groups in total. The molecular formula is C22H37NO2. The monoisotopic (exact) mass is 347 g/mol. The molecule has 2 aliphatic carbocycles. The summed E-state index contributed by atoms with van der Waals surface area (Å²) in [6, 6.07) is 0.523. The molecule has 0 aromatic carbocycles. The maximum atomic E-state index is 12.9.